The van der Waals surface area contributed by atoms with E-state index in [1.807, 2.05) is 6.92 Å². The Balaban J connectivity index is 2.01. The molecule has 0 radical (unpaired) electrons. The first-order valence-corrected chi connectivity index (χ1v) is 12.6. The number of nitrogen functional groups attached to an aromatic ring is 1. The number of ether oxygens (including phenoxy) is 2. The van der Waals surface area contributed by atoms with Crippen molar-refractivity contribution in [1.82, 2.24) is 29.7 Å². The monoisotopic (exact) mass is 485 g/mol. The molecule has 33 heavy (non-hydrogen) atoms. The third-order valence-corrected chi connectivity index (χ3v) is 6.91. The van der Waals surface area contributed by atoms with Crippen molar-refractivity contribution in [3.8, 4) is 0 Å². The van der Waals surface area contributed by atoms with Crippen LogP contribution in [0.5, 0.6) is 0 Å². The number of H-pyrrole nitrogens is 1. The molecule has 2 heterocycles. The van der Waals surface area contributed by atoms with Gasteiger partial charge < -0.3 is 19.8 Å². The SMILES string of the molecule is CCCCOC(=O)[C@@H](C)NP(=O)(COCCn1cnc2c(=O)[nH]c(N)nc21)N[C@@H](C)C(C)=O. The van der Waals surface area contributed by atoms with E-state index in [1.54, 1.807) is 11.5 Å². The van der Waals surface area contributed by atoms with E-state index in [4.69, 9.17) is 15.2 Å². The van der Waals surface area contributed by atoms with Gasteiger partial charge in [-0.2, -0.15) is 4.98 Å². The average Bonchev–Trinajstić information content (AvgIpc) is 3.14. The number of nitrogens with zero attached hydrogens (tertiary/aromatic N) is 3. The van der Waals surface area contributed by atoms with Crippen molar-refractivity contribution >= 4 is 36.3 Å². The summed E-state index contributed by atoms with van der Waals surface area (Å²) in [4.78, 5) is 46.2. The zero-order chi connectivity index (χ0) is 24.6. The minimum atomic E-state index is -3.51. The number of carbonyl (C=O) groups excluding carboxylic acids is 2. The number of aromatic nitrogens is 4. The molecule has 0 saturated carbocycles. The van der Waals surface area contributed by atoms with Crippen LogP contribution in [0.15, 0.2) is 11.1 Å². The van der Waals surface area contributed by atoms with E-state index in [9.17, 15) is 18.9 Å². The Morgan fingerprint density at radius 2 is 1.97 bits per heavy atom. The van der Waals surface area contributed by atoms with Gasteiger partial charge in [0.2, 0.25) is 13.4 Å². The number of nitrogens with two attached hydrogens (primary N) is 1. The maximum Gasteiger partial charge on any atom is 0.323 e. The average molecular weight is 485 g/mol. The molecule has 1 unspecified atom stereocenters. The number of rotatable bonds is 14. The lowest BCUT2D eigenvalue weighted by atomic mass is 10.3. The Kier molecular flexibility index (Phi) is 9.71. The van der Waals surface area contributed by atoms with Crippen molar-refractivity contribution in [2.24, 2.45) is 0 Å². The third kappa shape index (κ3) is 7.74. The molecule has 184 valence electrons. The molecule has 2 rings (SSSR count). The largest absolute Gasteiger partial charge is 0.465 e. The van der Waals surface area contributed by atoms with Gasteiger partial charge in [0.25, 0.3) is 5.56 Å². The van der Waals surface area contributed by atoms with Crippen LogP contribution in [0.3, 0.4) is 0 Å². The number of esters is 1. The molecule has 3 atom stereocenters. The fourth-order valence-electron chi connectivity index (χ4n) is 2.81. The number of imidazole rings is 1. The maximum atomic E-state index is 13.4. The summed E-state index contributed by atoms with van der Waals surface area (Å²) in [5.41, 5.74) is 5.58. The fourth-order valence-corrected chi connectivity index (χ4v) is 4.96. The molecule has 0 aliphatic carbocycles. The van der Waals surface area contributed by atoms with Crippen LogP contribution < -0.4 is 21.5 Å². The first-order valence-electron chi connectivity index (χ1n) is 10.7. The number of hydrogen-bond acceptors (Lipinski definition) is 9. The number of unbranched alkanes of at least 4 members (excludes halogenated alkanes) is 1. The summed E-state index contributed by atoms with van der Waals surface area (Å²) in [6.07, 6.45) is 2.74. The first-order chi connectivity index (χ1) is 15.6. The van der Waals surface area contributed by atoms with E-state index in [-0.39, 0.29) is 43.4 Å². The quantitative estimate of drug-likeness (QED) is 0.168. The molecule has 0 aliphatic rings. The van der Waals surface area contributed by atoms with Crippen LogP contribution in [0.2, 0.25) is 0 Å². The van der Waals surface area contributed by atoms with Crippen LogP contribution in [0.1, 0.15) is 40.5 Å². The highest BCUT2D eigenvalue weighted by molar-refractivity contribution is 7.59. The highest BCUT2D eigenvalue weighted by atomic mass is 31.2. The van der Waals surface area contributed by atoms with E-state index in [0.717, 1.165) is 12.8 Å². The molecule has 14 heteroatoms. The van der Waals surface area contributed by atoms with E-state index in [0.29, 0.717) is 5.65 Å². The minimum absolute atomic E-state index is 0.0360. The Morgan fingerprint density at radius 3 is 2.64 bits per heavy atom. The molecule has 0 bridgehead atoms. The van der Waals surface area contributed by atoms with Crippen LogP contribution in [0.4, 0.5) is 5.95 Å². The first kappa shape index (κ1) is 26.7. The second kappa shape index (κ2) is 12.0. The summed E-state index contributed by atoms with van der Waals surface area (Å²) >= 11 is 0. The number of fused-ring (bicyclic) bond motifs is 1. The van der Waals surface area contributed by atoms with E-state index < -0.39 is 31.1 Å². The molecule has 0 saturated heterocycles. The molecule has 0 spiro atoms. The lowest BCUT2D eigenvalue weighted by Crippen LogP contribution is -2.42. The minimum Gasteiger partial charge on any atom is -0.465 e. The molecular formula is C19H32N7O6P. The van der Waals surface area contributed by atoms with E-state index in [2.05, 4.69) is 25.1 Å². The van der Waals surface area contributed by atoms with Gasteiger partial charge in [0, 0.05) is 6.54 Å². The summed E-state index contributed by atoms with van der Waals surface area (Å²) in [6.45, 7) is 7.08. The standard InChI is InChI=1S/C19H32N7O6P/c1-5-6-8-32-18(29)13(3)25-33(30,24-12(2)14(4)27)11-31-9-7-26-10-21-15-16(26)22-19(20)23-17(15)28/h10,12-13H,5-9,11H2,1-4H3,(H2,24,25,30)(H3,20,22,23,28)/t12-,13+,33?/m0/s1. The van der Waals surface area contributed by atoms with Gasteiger partial charge in [-0.05, 0) is 27.2 Å². The topological polar surface area (TPSA) is 183 Å². The van der Waals surface area contributed by atoms with Crippen molar-refractivity contribution in [3.05, 3.63) is 16.7 Å². The number of nitrogens with one attached hydrogen (secondary N) is 3. The van der Waals surface area contributed by atoms with E-state index in [1.165, 1.54) is 20.2 Å². The van der Waals surface area contributed by atoms with Gasteiger partial charge in [-0.25, -0.2) is 15.2 Å². The number of hydrogen-bond donors (Lipinski definition) is 4. The number of carbonyl (C=O) groups is 2. The molecule has 0 aromatic carbocycles. The summed E-state index contributed by atoms with van der Waals surface area (Å²) in [5.74, 6) is -0.792. The van der Waals surface area contributed by atoms with E-state index >= 15 is 0 Å². The van der Waals surface area contributed by atoms with Crippen LogP contribution in [0, 0.1) is 0 Å². The van der Waals surface area contributed by atoms with Crippen LogP contribution >= 0.6 is 7.44 Å². The second-order valence-corrected chi connectivity index (χ2v) is 9.93. The van der Waals surface area contributed by atoms with Gasteiger partial charge in [0.05, 0.1) is 25.6 Å². The van der Waals surface area contributed by atoms with Crippen molar-refractivity contribution in [1.29, 1.82) is 0 Å². The zero-order valence-electron chi connectivity index (χ0n) is 19.3. The molecule has 2 aromatic heterocycles. The summed E-state index contributed by atoms with van der Waals surface area (Å²) in [7, 11) is -3.51. The Labute approximate surface area is 191 Å². The normalized spacial score (nSPS) is 15.2. The Hall–Kier alpha value is -2.60. The smallest absolute Gasteiger partial charge is 0.323 e. The highest BCUT2D eigenvalue weighted by Crippen LogP contribution is 2.37. The predicted octanol–water partition coefficient (Wildman–Crippen LogP) is 0.758. The molecule has 0 fully saturated rings. The van der Waals surface area contributed by atoms with Crippen LogP contribution in [0.25, 0.3) is 11.2 Å². The van der Waals surface area contributed by atoms with Gasteiger partial charge in [-0.3, -0.25) is 23.9 Å². The molecule has 2 aromatic rings. The van der Waals surface area contributed by atoms with Crippen LogP contribution in [-0.4, -0.2) is 62.9 Å². The highest BCUT2D eigenvalue weighted by Gasteiger charge is 2.30. The fraction of sp³-hybridized carbons (Fsp3) is 0.632. The zero-order valence-corrected chi connectivity index (χ0v) is 20.2. The molecule has 13 nitrogen and oxygen atoms in total. The number of aromatic amines is 1. The lowest BCUT2D eigenvalue weighted by Gasteiger charge is -2.26. The third-order valence-electron chi connectivity index (χ3n) is 4.75. The van der Waals surface area contributed by atoms with Gasteiger partial charge in [-0.15, -0.1) is 0 Å². The summed E-state index contributed by atoms with van der Waals surface area (Å²) in [5, 5.41) is 5.50. The van der Waals surface area contributed by atoms with Gasteiger partial charge in [0.15, 0.2) is 11.2 Å². The predicted molar refractivity (Wildman–Crippen MR) is 123 cm³/mol. The maximum absolute atomic E-state index is 13.4. The van der Waals surface area contributed by atoms with Crippen molar-refractivity contribution in [2.45, 2.75) is 59.2 Å². The van der Waals surface area contributed by atoms with Gasteiger partial charge in [0.1, 0.15) is 18.2 Å². The van der Waals surface area contributed by atoms with Crippen molar-refractivity contribution in [3.63, 3.8) is 0 Å². The van der Waals surface area contributed by atoms with Gasteiger partial charge in [-0.1, -0.05) is 13.3 Å². The molecular weight excluding hydrogens is 453 g/mol. The molecule has 5 N–H and O–H groups in total. The lowest BCUT2D eigenvalue weighted by molar-refractivity contribution is -0.145. The van der Waals surface area contributed by atoms with Crippen molar-refractivity contribution in [2.75, 3.05) is 25.3 Å². The number of ketones is 1. The number of Topliss-reactive ketones (excluding diaryl/α,β-unsaturated/α-hetero) is 1. The van der Waals surface area contributed by atoms with Crippen molar-refractivity contribution < 1.29 is 23.6 Å². The summed E-state index contributed by atoms with van der Waals surface area (Å²) < 4.78 is 25.8. The van der Waals surface area contributed by atoms with Gasteiger partial charge >= 0.3 is 5.97 Å². The molecule has 0 amide bonds. The second-order valence-electron chi connectivity index (χ2n) is 7.67. The number of anilines is 1. The summed E-state index contributed by atoms with van der Waals surface area (Å²) in [6, 6.07) is -1.59. The Bertz CT molecular complexity index is 1070. The Morgan fingerprint density at radius 1 is 1.27 bits per heavy atom. The van der Waals surface area contributed by atoms with Crippen LogP contribution in [-0.2, 0) is 30.2 Å². The molecule has 0 aliphatic heterocycles.